The highest BCUT2D eigenvalue weighted by molar-refractivity contribution is 5.69. The van der Waals surface area contributed by atoms with Crippen LogP contribution in [0.15, 0.2) is 12.3 Å². The minimum atomic E-state index is -0.466. The lowest BCUT2D eigenvalue weighted by molar-refractivity contribution is 0.00665. The second-order valence-electron chi connectivity index (χ2n) is 5.58. The maximum atomic E-state index is 12.1. The zero-order valence-corrected chi connectivity index (χ0v) is 12.0. The van der Waals surface area contributed by atoms with Gasteiger partial charge in [0.1, 0.15) is 11.4 Å². The van der Waals surface area contributed by atoms with E-state index >= 15 is 0 Å². The standard InChI is InChI=1S/C14H25NO3/c1-6-17-11(2)12-9-7-8-10-15(12)13(16)18-14(3,4)5/h12H,2,6-10H2,1,3-5H3/t12-/m0/s1. The Bertz CT molecular complexity index is 307. The first-order valence-electron chi connectivity index (χ1n) is 6.66. The molecule has 0 saturated carbocycles. The summed E-state index contributed by atoms with van der Waals surface area (Å²) in [6.45, 7) is 12.8. The third kappa shape index (κ3) is 4.24. The maximum Gasteiger partial charge on any atom is 0.410 e. The van der Waals surface area contributed by atoms with Crippen LogP contribution >= 0.6 is 0 Å². The SMILES string of the molecule is C=C(OCC)[C@@H]1CCCCN1C(=O)OC(C)(C)C. The molecule has 4 nitrogen and oxygen atoms in total. The van der Waals surface area contributed by atoms with E-state index in [1.54, 1.807) is 4.90 Å². The molecule has 0 N–H and O–H groups in total. The van der Waals surface area contributed by atoms with Crippen LogP contribution < -0.4 is 0 Å². The summed E-state index contributed by atoms with van der Waals surface area (Å²) < 4.78 is 10.9. The van der Waals surface area contributed by atoms with Crippen LogP contribution in [0.2, 0.25) is 0 Å². The summed E-state index contributed by atoms with van der Waals surface area (Å²) in [6, 6.07) is -0.0476. The van der Waals surface area contributed by atoms with Gasteiger partial charge in [0.25, 0.3) is 0 Å². The van der Waals surface area contributed by atoms with Crippen molar-refractivity contribution in [2.75, 3.05) is 13.2 Å². The van der Waals surface area contributed by atoms with Crippen molar-refractivity contribution in [3.8, 4) is 0 Å². The molecule has 1 saturated heterocycles. The lowest BCUT2D eigenvalue weighted by atomic mass is 10.0. The minimum absolute atomic E-state index is 0.0476. The van der Waals surface area contributed by atoms with Crippen LogP contribution in [0.3, 0.4) is 0 Å². The van der Waals surface area contributed by atoms with Crippen LogP contribution in [0, 0.1) is 0 Å². The lowest BCUT2D eigenvalue weighted by Crippen LogP contribution is -2.47. The maximum absolute atomic E-state index is 12.1. The molecular formula is C14H25NO3. The molecule has 1 aliphatic heterocycles. The molecule has 0 unspecified atom stereocenters. The predicted octanol–water partition coefficient (Wildman–Crippen LogP) is 3.33. The number of rotatable bonds is 3. The molecule has 0 bridgehead atoms. The average molecular weight is 255 g/mol. The summed E-state index contributed by atoms with van der Waals surface area (Å²) >= 11 is 0. The number of hydrogen-bond donors (Lipinski definition) is 0. The zero-order chi connectivity index (χ0) is 13.8. The van der Waals surface area contributed by atoms with E-state index < -0.39 is 5.60 Å². The molecular weight excluding hydrogens is 230 g/mol. The van der Waals surface area contributed by atoms with Gasteiger partial charge in [-0.1, -0.05) is 6.58 Å². The van der Waals surface area contributed by atoms with Crippen LogP contribution in [0.1, 0.15) is 47.0 Å². The fraction of sp³-hybridized carbons (Fsp3) is 0.786. The van der Waals surface area contributed by atoms with E-state index in [4.69, 9.17) is 9.47 Å². The first-order chi connectivity index (χ1) is 8.35. The van der Waals surface area contributed by atoms with Crippen molar-refractivity contribution in [2.24, 2.45) is 0 Å². The first kappa shape index (κ1) is 14.9. The summed E-state index contributed by atoms with van der Waals surface area (Å²) in [4.78, 5) is 13.9. The van der Waals surface area contributed by atoms with E-state index in [-0.39, 0.29) is 12.1 Å². The third-order valence-corrected chi connectivity index (χ3v) is 2.83. The molecule has 1 atom stereocenters. The number of amides is 1. The van der Waals surface area contributed by atoms with Gasteiger partial charge in [0.2, 0.25) is 0 Å². The molecule has 0 aromatic carbocycles. The van der Waals surface area contributed by atoms with Gasteiger partial charge in [-0.2, -0.15) is 0 Å². The summed E-state index contributed by atoms with van der Waals surface area (Å²) in [6.07, 6.45) is 2.73. The van der Waals surface area contributed by atoms with Crippen LogP contribution in [-0.4, -0.2) is 35.8 Å². The molecule has 18 heavy (non-hydrogen) atoms. The molecule has 0 spiro atoms. The number of carbonyl (C=O) groups is 1. The second-order valence-corrected chi connectivity index (χ2v) is 5.58. The number of carbonyl (C=O) groups excluding carboxylic acids is 1. The summed E-state index contributed by atoms with van der Waals surface area (Å²) in [5.41, 5.74) is -0.466. The predicted molar refractivity (Wildman–Crippen MR) is 71.3 cm³/mol. The van der Waals surface area contributed by atoms with Gasteiger partial charge in [-0.15, -0.1) is 0 Å². The molecule has 0 radical (unpaired) electrons. The third-order valence-electron chi connectivity index (χ3n) is 2.83. The van der Waals surface area contributed by atoms with Gasteiger partial charge >= 0.3 is 6.09 Å². The van der Waals surface area contributed by atoms with E-state index in [1.165, 1.54) is 0 Å². The molecule has 1 heterocycles. The molecule has 4 heteroatoms. The summed E-state index contributed by atoms with van der Waals surface area (Å²) in [5, 5.41) is 0. The van der Waals surface area contributed by atoms with E-state index in [9.17, 15) is 4.79 Å². The van der Waals surface area contributed by atoms with Crippen molar-refractivity contribution in [3.05, 3.63) is 12.3 Å². The van der Waals surface area contributed by atoms with Gasteiger partial charge in [0.15, 0.2) is 0 Å². The van der Waals surface area contributed by atoms with Gasteiger partial charge in [-0.3, -0.25) is 4.90 Å². The molecule has 1 aliphatic rings. The molecule has 1 amide bonds. The van der Waals surface area contributed by atoms with Crippen LogP contribution in [0.25, 0.3) is 0 Å². The summed E-state index contributed by atoms with van der Waals surface area (Å²) in [5.74, 6) is 0.669. The van der Waals surface area contributed by atoms with Crippen molar-refractivity contribution in [1.82, 2.24) is 4.90 Å². The van der Waals surface area contributed by atoms with Crippen LogP contribution in [0.5, 0.6) is 0 Å². The highest BCUT2D eigenvalue weighted by Gasteiger charge is 2.32. The lowest BCUT2D eigenvalue weighted by Gasteiger charge is -2.37. The molecule has 1 rings (SSSR count). The van der Waals surface area contributed by atoms with E-state index in [2.05, 4.69) is 6.58 Å². The summed E-state index contributed by atoms with van der Waals surface area (Å²) in [7, 11) is 0. The van der Waals surface area contributed by atoms with Crippen LogP contribution in [-0.2, 0) is 9.47 Å². The van der Waals surface area contributed by atoms with Crippen molar-refractivity contribution in [3.63, 3.8) is 0 Å². The Balaban J connectivity index is 2.70. The molecule has 0 aromatic heterocycles. The number of likely N-dealkylation sites (tertiary alicyclic amines) is 1. The Kier molecular flexibility index (Phi) is 5.05. The average Bonchev–Trinajstić information content (AvgIpc) is 2.27. The Hall–Kier alpha value is -1.19. The van der Waals surface area contributed by atoms with E-state index in [0.717, 1.165) is 19.3 Å². The van der Waals surface area contributed by atoms with Gasteiger partial charge in [0.05, 0.1) is 12.6 Å². The van der Waals surface area contributed by atoms with Crippen molar-refractivity contribution < 1.29 is 14.3 Å². The Morgan fingerprint density at radius 3 is 2.61 bits per heavy atom. The largest absolute Gasteiger partial charge is 0.497 e. The smallest absolute Gasteiger partial charge is 0.410 e. The number of hydrogen-bond acceptors (Lipinski definition) is 3. The molecule has 104 valence electrons. The normalized spacial score (nSPS) is 20.4. The molecule has 0 aliphatic carbocycles. The Morgan fingerprint density at radius 2 is 2.06 bits per heavy atom. The minimum Gasteiger partial charge on any atom is -0.497 e. The Labute approximate surface area is 110 Å². The second kappa shape index (κ2) is 6.12. The van der Waals surface area contributed by atoms with Crippen molar-refractivity contribution in [1.29, 1.82) is 0 Å². The highest BCUT2D eigenvalue weighted by Crippen LogP contribution is 2.25. The van der Waals surface area contributed by atoms with E-state index in [0.29, 0.717) is 18.9 Å². The highest BCUT2D eigenvalue weighted by atomic mass is 16.6. The van der Waals surface area contributed by atoms with Gasteiger partial charge in [0, 0.05) is 6.54 Å². The molecule has 1 fully saturated rings. The van der Waals surface area contributed by atoms with Crippen molar-refractivity contribution >= 4 is 6.09 Å². The zero-order valence-electron chi connectivity index (χ0n) is 12.0. The van der Waals surface area contributed by atoms with E-state index in [1.807, 2.05) is 27.7 Å². The Morgan fingerprint density at radius 1 is 1.39 bits per heavy atom. The van der Waals surface area contributed by atoms with Crippen LogP contribution in [0.4, 0.5) is 4.79 Å². The topological polar surface area (TPSA) is 38.8 Å². The fourth-order valence-corrected chi connectivity index (χ4v) is 2.09. The first-order valence-corrected chi connectivity index (χ1v) is 6.66. The molecule has 0 aromatic rings. The van der Waals surface area contributed by atoms with Gasteiger partial charge < -0.3 is 9.47 Å². The number of piperidine rings is 1. The van der Waals surface area contributed by atoms with Gasteiger partial charge in [-0.25, -0.2) is 4.79 Å². The van der Waals surface area contributed by atoms with Gasteiger partial charge in [-0.05, 0) is 47.0 Å². The van der Waals surface area contributed by atoms with Crippen molar-refractivity contribution in [2.45, 2.75) is 58.6 Å². The quantitative estimate of drug-likeness (QED) is 0.726. The monoisotopic (exact) mass is 255 g/mol. The number of nitrogens with zero attached hydrogens (tertiary/aromatic N) is 1. The number of ether oxygens (including phenoxy) is 2. The fourth-order valence-electron chi connectivity index (χ4n) is 2.09.